The van der Waals surface area contributed by atoms with E-state index in [9.17, 15) is 47.4 Å². The standard InChI is InChI=1S/C22H34O14S.2Na.2H/c1-2-3-4-5-6-7-8-9-10-11-17(25)35-18(26)13-22(31,21(29)30)14-19(27)36-20(28)15(12-16(23)24)37(32,33)34;;;;/h15,31H,2-14H2,1H3,(H,23,24)(H,29,30)(H,32,33,34);;;;. The van der Waals surface area contributed by atoms with E-state index in [4.69, 9.17) is 9.66 Å². The van der Waals surface area contributed by atoms with Crippen molar-refractivity contribution in [2.75, 3.05) is 0 Å². The topological polar surface area (TPSA) is 236 Å². The Bertz CT molecular complexity index is 937. The average molecular weight is 603 g/mol. The van der Waals surface area contributed by atoms with Gasteiger partial charge in [-0.25, -0.2) is 4.79 Å². The number of esters is 4. The summed E-state index contributed by atoms with van der Waals surface area (Å²) < 4.78 is 39.7. The number of hydrogen-bond donors (Lipinski definition) is 4. The number of hydrogen-bond acceptors (Lipinski definition) is 11. The fourth-order valence-electron chi connectivity index (χ4n) is 3.17. The summed E-state index contributed by atoms with van der Waals surface area (Å²) in [7, 11) is -5.31. The summed E-state index contributed by atoms with van der Waals surface area (Å²) in [4.78, 5) is 69.5. The van der Waals surface area contributed by atoms with E-state index in [0.717, 1.165) is 32.1 Å². The summed E-state index contributed by atoms with van der Waals surface area (Å²) in [6.45, 7) is 2.12. The number of rotatable bonds is 19. The van der Waals surface area contributed by atoms with Crippen LogP contribution in [0, 0.1) is 0 Å². The second-order valence-electron chi connectivity index (χ2n) is 8.51. The van der Waals surface area contributed by atoms with Gasteiger partial charge in [0.2, 0.25) is 0 Å². The first-order valence-corrected chi connectivity index (χ1v) is 13.2. The van der Waals surface area contributed by atoms with Crippen molar-refractivity contribution in [3.8, 4) is 0 Å². The van der Waals surface area contributed by atoms with Crippen LogP contribution < -0.4 is 0 Å². The van der Waals surface area contributed by atoms with E-state index in [1.165, 1.54) is 12.8 Å². The third-order valence-electron chi connectivity index (χ3n) is 5.18. The molecule has 4 N–H and O–H groups in total. The maximum atomic E-state index is 11.9. The first-order chi connectivity index (χ1) is 17.1. The molecule has 0 spiro atoms. The third kappa shape index (κ3) is 19.7. The Morgan fingerprint density at radius 3 is 1.59 bits per heavy atom. The normalized spacial score (nSPS) is 13.0. The van der Waals surface area contributed by atoms with Crippen molar-refractivity contribution in [1.29, 1.82) is 0 Å². The molecule has 0 rings (SSSR count). The van der Waals surface area contributed by atoms with Crippen molar-refractivity contribution >= 4 is 105 Å². The molecular weight excluding hydrogens is 566 g/mol. The molecule has 0 saturated heterocycles. The summed E-state index contributed by atoms with van der Waals surface area (Å²) in [5, 5.41) is 25.3. The van der Waals surface area contributed by atoms with E-state index in [-0.39, 0.29) is 65.5 Å². The predicted octanol–water partition coefficient (Wildman–Crippen LogP) is 0.0769. The zero-order valence-electron chi connectivity index (χ0n) is 20.5. The Morgan fingerprint density at radius 1 is 0.744 bits per heavy atom. The molecule has 0 aliphatic carbocycles. The zero-order chi connectivity index (χ0) is 28.6. The minimum absolute atomic E-state index is 0. The molecule has 39 heavy (non-hydrogen) atoms. The summed E-state index contributed by atoms with van der Waals surface area (Å²) in [6, 6.07) is 0. The Morgan fingerprint density at radius 2 is 1.18 bits per heavy atom. The van der Waals surface area contributed by atoms with Gasteiger partial charge in [-0.15, -0.1) is 0 Å². The second-order valence-corrected chi connectivity index (χ2v) is 10.1. The van der Waals surface area contributed by atoms with Crippen LogP contribution in [0.2, 0.25) is 0 Å². The molecule has 0 aromatic carbocycles. The fourth-order valence-corrected chi connectivity index (χ4v) is 3.81. The van der Waals surface area contributed by atoms with Gasteiger partial charge in [0.05, 0.1) is 19.3 Å². The van der Waals surface area contributed by atoms with Crippen LogP contribution in [-0.2, 0) is 48.4 Å². The van der Waals surface area contributed by atoms with Gasteiger partial charge in [0.15, 0.2) is 10.9 Å². The van der Waals surface area contributed by atoms with Crippen LogP contribution in [0.1, 0.15) is 90.4 Å². The van der Waals surface area contributed by atoms with Gasteiger partial charge in [0, 0.05) is 6.42 Å². The van der Waals surface area contributed by atoms with Crippen LogP contribution in [0.15, 0.2) is 0 Å². The first-order valence-electron chi connectivity index (χ1n) is 11.7. The van der Waals surface area contributed by atoms with E-state index in [1.807, 2.05) is 0 Å². The summed E-state index contributed by atoms with van der Waals surface area (Å²) in [5.41, 5.74) is -3.20. The average Bonchev–Trinajstić information content (AvgIpc) is 2.74. The minimum atomic E-state index is -5.31. The quantitative estimate of drug-likeness (QED) is 0.0504. The van der Waals surface area contributed by atoms with Gasteiger partial charge < -0.3 is 24.8 Å². The van der Waals surface area contributed by atoms with Gasteiger partial charge in [0.1, 0.15) is 0 Å². The van der Waals surface area contributed by atoms with Gasteiger partial charge in [-0.3, -0.25) is 28.5 Å². The van der Waals surface area contributed by atoms with Crippen LogP contribution in [0.4, 0.5) is 0 Å². The van der Waals surface area contributed by atoms with Crippen LogP contribution in [-0.4, -0.2) is 134 Å². The second kappa shape index (κ2) is 21.8. The fraction of sp³-hybridized carbons (Fsp3) is 0.727. The third-order valence-corrected chi connectivity index (χ3v) is 6.26. The van der Waals surface area contributed by atoms with E-state index in [2.05, 4.69) is 16.4 Å². The summed E-state index contributed by atoms with van der Waals surface area (Å²) >= 11 is 0. The number of carboxylic acids is 2. The summed E-state index contributed by atoms with van der Waals surface area (Å²) in [6.07, 6.45) is 4.20. The van der Waals surface area contributed by atoms with Crippen molar-refractivity contribution in [3.05, 3.63) is 0 Å². The molecule has 0 aliphatic rings. The molecule has 0 amide bonds. The molecule has 216 valence electrons. The number of aliphatic hydroxyl groups is 1. The van der Waals surface area contributed by atoms with Gasteiger partial charge >= 0.3 is 94.9 Å². The van der Waals surface area contributed by atoms with E-state index in [1.54, 1.807) is 0 Å². The van der Waals surface area contributed by atoms with E-state index < -0.39 is 76.0 Å². The van der Waals surface area contributed by atoms with Gasteiger partial charge in [-0.2, -0.15) is 8.42 Å². The molecule has 0 fully saturated rings. The number of carboxylic acid groups (broad SMARTS) is 2. The molecule has 0 radical (unpaired) electrons. The van der Waals surface area contributed by atoms with Gasteiger partial charge in [-0.05, 0) is 6.42 Å². The molecule has 0 aromatic rings. The Balaban J connectivity index is -0.00000648. The molecule has 2 atom stereocenters. The van der Waals surface area contributed by atoms with Crippen molar-refractivity contribution in [3.63, 3.8) is 0 Å². The predicted molar refractivity (Wildman–Crippen MR) is 138 cm³/mol. The van der Waals surface area contributed by atoms with Crippen LogP contribution in [0.5, 0.6) is 0 Å². The molecule has 17 heteroatoms. The maximum absolute atomic E-state index is 11.9. The summed E-state index contributed by atoms with van der Waals surface area (Å²) in [5.74, 6) is -10.3. The van der Waals surface area contributed by atoms with E-state index in [0.29, 0.717) is 12.8 Å². The van der Waals surface area contributed by atoms with Crippen molar-refractivity contribution in [1.82, 2.24) is 0 Å². The van der Waals surface area contributed by atoms with Crippen LogP contribution in [0.25, 0.3) is 0 Å². The van der Waals surface area contributed by atoms with Crippen molar-refractivity contribution < 1.29 is 66.5 Å². The molecule has 0 aliphatic heterocycles. The van der Waals surface area contributed by atoms with Gasteiger partial charge in [-0.1, -0.05) is 58.3 Å². The Kier molecular flexibility index (Phi) is 23.8. The molecule has 0 aromatic heterocycles. The van der Waals surface area contributed by atoms with Crippen LogP contribution in [0.3, 0.4) is 0 Å². The first kappa shape index (κ1) is 42.6. The SMILES string of the molecule is CCCCCCCCCCCC(=O)OC(=O)CC(O)(CC(=O)OC(=O)C(CC(=O)O)S(=O)(=O)O)C(=O)O.[NaH].[NaH]. The molecular formula is C22H36Na2O14S. The molecule has 2 unspecified atom stereocenters. The number of carbonyl (C=O) groups is 6. The van der Waals surface area contributed by atoms with Crippen molar-refractivity contribution in [2.24, 2.45) is 0 Å². The molecule has 0 saturated carbocycles. The monoisotopic (exact) mass is 602 g/mol. The van der Waals surface area contributed by atoms with Gasteiger partial charge in [0.25, 0.3) is 10.1 Å². The molecule has 14 nitrogen and oxygen atoms in total. The molecule has 0 heterocycles. The molecule has 0 bridgehead atoms. The Labute approximate surface area is 270 Å². The Hall–Kier alpha value is -0.910. The zero-order valence-corrected chi connectivity index (χ0v) is 21.4. The van der Waals surface area contributed by atoms with Crippen LogP contribution >= 0.6 is 0 Å². The number of ether oxygens (including phenoxy) is 2. The van der Waals surface area contributed by atoms with E-state index >= 15 is 0 Å². The number of unbranched alkanes of at least 4 members (excludes halogenated alkanes) is 8. The number of carbonyl (C=O) groups excluding carboxylic acids is 4. The number of aliphatic carboxylic acids is 2. The van der Waals surface area contributed by atoms with Crippen molar-refractivity contribution in [2.45, 2.75) is 101 Å².